The van der Waals surface area contributed by atoms with Gasteiger partial charge in [0.2, 0.25) is 11.8 Å². The lowest BCUT2D eigenvalue weighted by atomic mass is 9.94. The summed E-state index contributed by atoms with van der Waals surface area (Å²) in [7, 11) is 1.54. The SMILES string of the molecule is COc1cc(N2CCC(CN3CCC(n4cc5cc(NC(=O)c6ccnc7nc[nH]c67)c(N6CCC(CO)CC6)cc5n4)CC3)CC2)ccc1C(=O)N[C@H]1CCC(=O)NC1=O. The fourth-order valence-electron chi connectivity index (χ4n) is 9.45. The Labute approximate surface area is 353 Å². The largest absolute Gasteiger partial charge is 0.496 e. The molecule has 0 bridgehead atoms. The van der Waals surface area contributed by atoms with Crippen LogP contribution < -0.4 is 30.5 Å². The zero-order valence-electron chi connectivity index (χ0n) is 34.4. The van der Waals surface area contributed by atoms with Gasteiger partial charge in [0.1, 0.15) is 11.8 Å². The van der Waals surface area contributed by atoms with Crippen molar-refractivity contribution in [2.75, 3.05) is 74.6 Å². The maximum Gasteiger partial charge on any atom is 0.258 e. The summed E-state index contributed by atoms with van der Waals surface area (Å²) in [6, 6.07) is 10.9. The minimum Gasteiger partial charge on any atom is -0.496 e. The van der Waals surface area contributed by atoms with Gasteiger partial charge in [0.25, 0.3) is 11.8 Å². The topological polar surface area (TPSA) is 203 Å². The van der Waals surface area contributed by atoms with Gasteiger partial charge < -0.3 is 40.2 Å². The number of aromatic amines is 1. The number of H-pyrrole nitrogens is 1. The number of ether oxygens (including phenoxy) is 1. The number of piperidine rings is 4. The maximum absolute atomic E-state index is 13.7. The summed E-state index contributed by atoms with van der Waals surface area (Å²) in [6.07, 6.45) is 11.6. The summed E-state index contributed by atoms with van der Waals surface area (Å²) in [5.41, 5.74) is 5.48. The quantitative estimate of drug-likeness (QED) is 0.121. The number of aliphatic hydroxyl groups is 1. The number of aromatic nitrogens is 5. The highest BCUT2D eigenvalue weighted by molar-refractivity contribution is 6.13. The monoisotopic (exact) mass is 831 g/mol. The van der Waals surface area contributed by atoms with Crippen molar-refractivity contribution >= 4 is 62.8 Å². The highest BCUT2D eigenvalue weighted by Crippen LogP contribution is 2.36. The molecule has 9 rings (SSSR count). The molecule has 3 aromatic heterocycles. The van der Waals surface area contributed by atoms with E-state index >= 15 is 0 Å². The van der Waals surface area contributed by atoms with E-state index in [1.165, 1.54) is 7.11 Å². The van der Waals surface area contributed by atoms with Gasteiger partial charge in [-0.2, -0.15) is 5.10 Å². The van der Waals surface area contributed by atoms with Crippen LogP contribution in [0.15, 0.2) is 55.1 Å². The molecular weight excluding hydrogens is 779 g/mol. The summed E-state index contributed by atoms with van der Waals surface area (Å²) in [4.78, 5) is 69.3. The molecule has 4 aliphatic rings. The highest BCUT2D eigenvalue weighted by Gasteiger charge is 2.31. The van der Waals surface area contributed by atoms with Crippen LogP contribution in [0.1, 0.15) is 78.1 Å². The molecule has 4 amide bonds. The van der Waals surface area contributed by atoms with Crippen molar-refractivity contribution < 1.29 is 29.0 Å². The van der Waals surface area contributed by atoms with Gasteiger partial charge in [-0.15, -0.1) is 0 Å². The van der Waals surface area contributed by atoms with E-state index in [-0.39, 0.29) is 43.2 Å². The fourth-order valence-corrected chi connectivity index (χ4v) is 9.45. The van der Waals surface area contributed by atoms with Crippen LogP contribution in [0.4, 0.5) is 17.1 Å². The molecule has 0 radical (unpaired) electrons. The molecular formula is C44H53N11O6. The second-order valence-corrected chi connectivity index (χ2v) is 16.9. The van der Waals surface area contributed by atoms with Crippen molar-refractivity contribution in [3.63, 3.8) is 0 Å². The van der Waals surface area contributed by atoms with Crippen LogP contribution in [0.25, 0.3) is 22.1 Å². The molecule has 320 valence electrons. The molecule has 5 aromatic rings. The molecule has 5 N–H and O–H groups in total. The van der Waals surface area contributed by atoms with Crippen molar-refractivity contribution in [1.29, 1.82) is 0 Å². The molecule has 0 spiro atoms. The summed E-state index contributed by atoms with van der Waals surface area (Å²) in [6.45, 7) is 6.64. The highest BCUT2D eigenvalue weighted by atomic mass is 16.5. The summed E-state index contributed by atoms with van der Waals surface area (Å²) >= 11 is 0. The van der Waals surface area contributed by atoms with E-state index < -0.39 is 17.9 Å². The van der Waals surface area contributed by atoms with E-state index in [1.54, 1.807) is 24.7 Å². The van der Waals surface area contributed by atoms with E-state index in [4.69, 9.17) is 9.84 Å². The number of fused-ring (bicyclic) bond motifs is 2. The summed E-state index contributed by atoms with van der Waals surface area (Å²) in [5, 5.41) is 24.1. The molecule has 17 heteroatoms. The van der Waals surface area contributed by atoms with Gasteiger partial charge in [0, 0.05) is 88.4 Å². The van der Waals surface area contributed by atoms with Gasteiger partial charge in [-0.1, -0.05) is 0 Å². The summed E-state index contributed by atoms with van der Waals surface area (Å²) < 4.78 is 7.74. The number of nitrogens with zero attached hydrogens (tertiary/aromatic N) is 7. The average molecular weight is 832 g/mol. The predicted octanol–water partition coefficient (Wildman–Crippen LogP) is 3.87. The number of amides is 4. The molecule has 17 nitrogen and oxygen atoms in total. The number of aliphatic hydroxyl groups excluding tert-OH is 1. The number of carbonyl (C=O) groups excluding carboxylic acids is 4. The number of carbonyl (C=O) groups is 4. The number of hydrogen-bond acceptors (Lipinski definition) is 12. The minimum atomic E-state index is -0.754. The lowest BCUT2D eigenvalue weighted by molar-refractivity contribution is -0.134. The number of anilines is 3. The normalized spacial score (nSPS) is 20.0. The molecule has 61 heavy (non-hydrogen) atoms. The van der Waals surface area contributed by atoms with Crippen LogP contribution in [-0.2, 0) is 9.59 Å². The van der Waals surface area contributed by atoms with Crippen LogP contribution in [0.2, 0.25) is 0 Å². The van der Waals surface area contributed by atoms with Crippen LogP contribution >= 0.6 is 0 Å². The average Bonchev–Trinajstić information content (AvgIpc) is 3.95. The minimum absolute atomic E-state index is 0.189. The Morgan fingerprint density at radius 2 is 1.64 bits per heavy atom. The Bertz CT molecular complexity index is 2420. The molecule has 4 aliphatic heterocycles. The molecule has 4 saturated heterocycles. The Kier molecular flexibility index (Phi) is 11.6. The molecule has 0 aliphatic carbocycles. The maximum atomic E-state index is 13.7. The zero-order valence-corrected chi connectivity index (χ0v) is 34.4. The van der Waals surface area contributed by atoms with Crippen molar-refractivity contribution in [2.45, 2.75) is 63.5 Å². The fraction of sp³-hybridized carbons (Fsp3) is 0.477. The number of methoxy groups -OCH3 is 1. The Hall–Kier alpha value is -6.07. The van der Waals surface area contributed by atoms with Crippen molar-refractivity contribution in [1.82, 2.24) is 40.3 Å². The lowest BCUT2D eigenvalue weighted by Crippen LogP contribution is -2.52. The standard InChI is InChI=1S/C44H53N11O6/c1-61-38-21-31(2-3-32(38)42(58)48-34-4-5-39(57)50-44(34)60)53-16-7-27(8-17-53)23-52-14-11-30(12-15-52)55-24-29-20-36(49-43(59)33-6-13-45-41-40(33)46-26-47-41)37(22-35(29)51-55)54-18-9-28(25-56)10-19-54/h2-3,6,13,20-22,24,26-28,30,34,56H,4-5,7-12,14-19,23,25H2,1H3,(H,48,58)(H,49,59)(H,45,46,47)(H,50,57,60)/t34-/m0/s1. The Balaban J connectivity index is 0.807. The zero-order chi connectivity index (χ0) is 42.0. The van der Waals surface area contributed by atoms with E-state index in [1.807, 2.05) is 18.2 Å². The van der Waals surface area contributed by atoms with Gasteiger partial charge >= 0.3 is 0 Å². The first-order valence-corrected chi connectivity index (χ1v) is 21.5. The first-order valence-electron chi connectivity index (χ1n) is 21.5. The van der Waals surface area contributed by atoms with E-state index in [2.05, 4.69) is 62.5 Å². The number of nitrogens with one attached hydrogen (secondary N) is 4. The van der Waals surface area contributed by atoms with Gasteiger partial charge in [0.05, 0.1) is 53.0 Å². The van der Waals surface area contributed by atoms with E-state index in [9.17, 15) is 24.3 Å². The van der Waals surface area contributed by atoms with Crippen molar-refractivity contribution in [3.05, 3.63) is 66.2 Å². The second-order valence-electron chi connectivity index (χ2n) is 16.9. The number of pyridine rings is 1. The van der Waals surface area contributed by atoms with Crippen LogP contribution in [0.3, 0.4) is 0 Å². The number of rotatable bonds is 11. The van der Waals surface area contributed by atoms with E-state index in [0.29, 0.717) is 34.0 Å². The number of benzene rings is 2. The van der Waals surface area contributed by atoms with Crippen molar-refractivity contribution in [3.8, 4) is 5.75 Å². The molecule has 4 fully saturated rings. The molecule has 0 saturated carbocycles. The third kappa shape index (κ3) is 8.61. The summed E-state index contributed by atoms with van der Waals surface area (Å²) in [5.74, 6) is -0.138. The van der Waals surface area contributed by atoms with E-state index in [0.717, 1.165) is 112 Å². The van der Waals surface area contributed by atoms with Crippen LogP contribution in [0, 0.1) is 11.8 Å². The number of hydrogen-bond donors (Lipinski definition) is 5. The third-order valence-corrected chi connectivity index (χ3v) is 13.1. The first kappa shape index (κ1) is 40.3. The molecule has 1 atom stereocenters. The van der Waals surface area contributed by atoms with Gasteiger partial charge in [-0.25, -0.2) is 9.97 Å². The molecule has 7 heterocycles. The van der Waals surface area contributed by atoms with Crippen LogP contribution in [-0.4, -0.2) is 124 Å². The van der Waals surface area contributed by atoms with Gasteiger partial charge in [-0.05, 0) is 87.1 Å². The Morgan fingerprint density at radius 3 is 2.39 bits per heavy atom. The molecule has 0 unspecified atom stereocenters. The van der Waals surface area contributed by atoms with Crippen LogP contribution in [0.5, 0.6) is 5.75 Å². The van der Waals surface area contributed by atoms with Gasteiger partial charge in [0.15, 0.2) is 5.65 Å². The predicted molar refractivity (Wildman–Crippen MR) is 230 cm³/mol. The number of likely N-dealkylation sites (tertiary alicyclic amines) is 1. The van der Waals surface area contributed by atoms with Gasteiger partial charge in [-0.3, -0.25) is 29.2 Å². The lowest BCUT2D eigenvalue weighted by Gasteiger charge is -2.38. The molecule has 2 aromatic carbocycles. The smallest absolute Gasteiger partial charge is 0.258 e. The Morgan fingerprint density at radius 1 is 0.869 bits per heavy atom. The second kappa shape index (κ2) is 17.5. The third-order valence-electron chi connectivity index (χ3n) is 13.1. The number of imide groups is 1. The van der Waals surface area contributed by atoms with Crippen molar-refractivity contribution in [2.24, 2.45) is 11.8 Å². The first-order chi connectivity index (χ1) is 29.7. The number of imidazole rings is 1.